The van der Waals surface area contributed by atoms with Crippen LogP contribution in [0.25, 0.3) is 22.2 Å². The van der Waals surface area contributed by atoms with Crippen molar-refractivity contribution in [1.82, 2.24) is 15.0 Å². The van der Waals surface area contributed by atoms with E-state index in [0.29, 0.717) is 0 Å². The van der Waals surface area contributed by atoms with E-state index in [1.165, 1.54) is 0 Å². The summed E-state index contributed by atoms with van der Waals surface area (Å²) in [5.41, 5.74) is 4.14. The first-order valence-electron chi connectivity index (χ1n) is 4.87. The number of rotatable bonds is 1. The molecule has 78 valence electrons. The predicted molar refractivity (Wildman–Crippen MR) is 67.0 cm³/mol. The number of nitrogens with one attached hydrogen (secondary N) is 1. The SMILES string of the molecule is Brc1cccc(-c2c[nH]c3cncnc23)c1. The Morgan fingerprint density at radius 2 is 2.19 bits per heavy atom. The maximum Gasteiger partial charge on any atom is 0.116 e. The van der Waals surface area contributed by atoms with Gasteiger partial charge in [0.15, 0.2) is 0 Å². The molecule has 0 radical (unpaired) electrons. The second-order valence-electron chi connectivity index (χ2n) is 3.50. The van der Waals surface area contributed by atoms with Gasteiger partial charge in [-0.1, -0.05) is 28.1 Å². The number of H-pyrrole nitrogens is 1. The molecular formula is C12H8BrN3. The molecule has 16 heavy (non-hydrogen) atoms. The fourth-order valence-corrected chi connectivity index (χ4v) is 2.14. The number of benzene rings is 1. The minimum absolute atomic E-state index is 0.952. The molecule has 0 bridgehead atoms. The summed E-state index contributed by atoms with van der Waals surface area (Å²) in [6.07, 6.45) is 5.31. The topological polar surface area (TPSA) is 41.6 Å². The summed E-state index contributed by atoms with van der Waals surface area (Å²) >= 11 is 3.47. The first-order valence-corrected chi connectivity index (χ1v) is 5.67. The van der Waals surface area contributed by atoms with Gasteiger partial charge in [0.05, 0.1) is 17.2 Å². The fourth-order valence-electron chi connectivity index (χ4n) is 1.74. The van der Waals surface area contributed by atoms with Crippen LogP contribution in [0, 0.1) is 0 Å². The molecule has 2 aromatic heterocycles. The highest BCUT2D eigenvalue weighted by atomic mass is 79.9. The quantitative estimate of drug-likeness (QED) is 0.739. The van der Waals surface area contributed by atoms with E-state index < -0.39 is 0 Å². The van der Waals surface area contributed by atoms with Gasteiger partial charge in [0.25, 0.3) is 0 Å². The molecule has 0 spiro atoms. The number of fused-ring (bicyclic) bond motifs is 1. The molecule has 0 aliphatic rings. The van der Waals surface area contributed by atoms with Gasteiger partial charge in [-0.2, -0.15) is 0 Å². The predicted octanol–water partition coefficient (Wildman–Crippen LogP) is 3.39. The van der Waals surface area contributed by atoms with E-state index in [4.69, 9.17) is 0 Å². The molecule has 1 N–H and O–H groups in total. The Morgan fingerprint density at radius 1 is 1.25 bits per heavy atom. The highest BCUT2D eigenvalue weighted by Crippen LogP contribution is 2.28. The standard InChI is InChI=1S/C12H8BrN3/c13-9-3-1-2-8(4-9)10-5-15-11-6-14-7-16-12(10)11/h1-7,15H. The lowest BCUT2D eigenvalue weighted by atomic mass is 10.1. The summed E-state index contributed by atoms with van der Waals surface area (Å²) in [7, 11) is 0. The molecular weight excluding hydrogens is 266 g/mol. The van der Waals surface area contributed by atoms with Crippen LogP contribution >= 0.6 is 15.9 Å². The fraction of sp³-hybridized carbons (Fsp3) is 0. The van der Waals surface area contributed by atoms with Crippen LogP contribution in [0.3, 0.4) is 0 Å². The van der Waals surface area contributed by atoms with E-state index >= 15 is 0 Å². The zero-order valence-corrected chi connectivity index (χ0v) is 9.90. The summed E-state index contributed by atoms with van der Waals surface area (Å²) in [5, 5.41) is 0. The monoisotopic (exact) mass is 273 g/mol. The van der Waals surface area contributed by atoms with E-state index in [0.717, 1.165) is 26.6 Å². The Hall–Kier alpha value is -1.68. The van der Waals surface area contributed by atoms with Crippen molar-refractivity contribution in [2.75, 3.05) is 0 Å². The van der Waals surface area contributed by atoms with E-state index in [1.807, 2.05) is 18.3 Å². The Labute approximate surface area is 101 Å². The molecule has 3 aromatic rings. The van der Waals surface area contributed by atoms with Gasteiger partial charge >= 0.3 is 0 Å². The van der Waals surface area contributed by atoms with E-state index in [9.17, 15) is 0 Å². The summed E-state index contributed by atoms with van der Waals surface area (Å²) in [5.74, 6) is 0. The van der Waals surface area contributed by atoms with Crippen molar-refractivity contribution in [2.45, 2.75) is 0 Å². The average Bonchev–Trinajstić information content (AvgIpc) is 2.72. The summed E-state index contributed by atoms with van der Waals surface area (Å²) in [6, 6.07) is 8.16. The summed E-state index contributed by atoms with van der Waals surface area (Å²) < 4.78 is 1.06. The minimum Gasteiger partial charge on any atom is -0.358 e. The second kappa shape index (κ2) is 3.72. The van der Waals surface area contributed by atoms with Gasteiger partial charge in [0.1, 0.15) is 6.33 Å². The van der Waals surface area contributed by atoms with Gasteiger partial charge in [-0.15, -0.1) is 0 Å². The molecule has 0 atom stereocenters. The van der Waals surface area contributed by atoms with Crippen LogP contribution in [-0.4, -0.2) is 15.0 Å². The van der Waals surface area contributed by atoms with Gasteiger partial charge in [-0.05, 0) is 17.7 Å². The first-order chi connectivity index (χ1) is 7.84. The van der Waals surface area contributed by atoms with E-state index in [2.05, 4.69) is 43.0 Å². The maximum atomic E-state index is 4.29. The molecule has 0 amide bonds. The number of hydrogen-bond acceptors (Lipinski definition) is 2. The van der Waals surface area contributed by atoms with Gasteiger partial charge < -0.3 is 4.98 Å². The van der Waals surface area contributed by atoms with Gasteiger partial charge in [-0.25, -0.2) is 9.97 Å². The third kappa shape index (κ3) is 1.51. The molecule has 3 nitrogen and oxygen atoms in total. The second-order valence-corrected chi connectivity index (χ2v) is 4.41. The molecule has 0 aliphatic heterocycles. The molecule has 2 heterocycles. The van der Waals surface area contributed by atoms with Crippen LogP contribution in [0.4, 0.5) is 0 Å². The summed E-state index contributed by atoms with van der Waals surface area (Å²) in [6.45, 7) is 0. The van der Waals surface area contributed by atoms with Crippen molar-refractivity contribution >= 4 is 27.0 Å². The van der Waals surface area contributed by atoms with E-state index in [-0.39, 0.29) is 0 Å². The van der Waals surface area contributed by atoms with Crippen LogP contribution in [0.15, 0.2) is 47.5 Å². The highest BCUT2D eigenvalue weighted by molar-refractivity contribution is 9.10. The van der Waals surface area contributed by atoms with E-state index in [1.54, 1.807) is 12.5 Å². The Bertz CT molecular complexity index is 645. The van der Waals surface area contributed by atoms with Crippen LogP contribution in [0.1, 0.15) is 0 Å². The maximum absolute atomic E-state index is 4.29. The number of halogens is 1. The Balaban J connectivity index is 2.26. The van der Waals surface area contributed by atoms with Crippen LogP contribution in [0.2, 0.25) is 0 Å². The van der Waals surface area contributed by atoms with Crippen molar-refractivity contribution in [3.05, 3.63) is 47.5 Å². The molecule has 1 aromatic carbocycles. The van der Waals surface area contributed by atoms with Crippen molar-refractivity contribution in [1.29, 1.82) is 0 Å². The van der Waals surface area contributed by atoms with Crippen molar-refractivity contribution < 1.29 is 0 Å². The van der Waals surface area contributed by atoms with Crippen LogP contribution < -0.4 is 0 Å². The van der Waals surface area contributed by atoms with Gasteiger partial charge in [0, 0.05) is 16.2 Å². The average molecular weight is 274 g/mol. The molecule has 0 saturated heterocycles. The number of hydrogen-bond donors (Lipinski definition) is 1. The number of aromatic amines is 1. The first kappa shape index (κ1) is 9.54. The van der Waals surface area contributed by atoms with Crippen LogP contribution in [0.5, 0.6) is 0 Å². The Morgan fingerprint density at radius 3 is 3.06 bits per heavy atom. The van der Waals surface area contributed by atoms with Gasteiger partial charge in [-0.3, -0.25) is 0 Å². The Kier molecular flexibility index (Phi) is 2.22. The lowest BCUT2D eigenvalue weighted by molar-refractivity contribution is 1.22. The smallest absolute Gasteiger partial charge is 0.116 e. The third-order valence-electron chi connectivity index (χ3n) is 2.48. The lowest BCUT2D eigenvalue weighted by Crippen LogP contribution is -1.80. The number of aromatic nitrogens is 3. The molecule has 3 rings (SSSR count). The van der Waals surface area contributed by atoms with Gasteiger partial charge in [0.2, 0.25) is 0 Å². The zero-order valence-electron chi connectivity index (χ0n) is 8.31. The molecule has 0 aliphatic carbocycles. The highest BCUT2D eigenvalue weighted by Gasteiger charge is 2.06. The minimum atomic E-state index is 0.952. The van der Waals surface area contributed by atoms with Crippen molar-refractivity contribution in [3.63, 3.8) is 0 Å². The van der Waals surface area contributed by atoms with Crippen molar-refractivity contribution in [2.24, 2.45) is 0 Å². The third-order valence-corrected chi connectivity index (χ3v) is 2.97. The molecule has 0 saturated carbocycles. The van der Waals surface area contributed by atoms with Crippen molar-refractivity contribution in [3.8, 4) is 11.1 Å². The number of nitrogens with zero attached hydrogens (tertiary/aromatic N) is 2. The zero-order chi connectivity index (χ0) is 11.0. The largest absolute Gasteiger partial charge is 0.358 e. The van der Waals surface area contributed by atoms with Crippen LogP contribution in [-0.2, 0) is 0 Å². The summed E-state index contributed by atoms with van der Waals surface area (Å²) in [4.78, 5) is 11.4. The molecule has 4 heteroatoms. The molecule has 0 unspecified atom stereocenters. The molecule has 0 fully saturated rings. The lowest BCUT2D eigenvalue weighted by Gasteiger charge is -1.99. The normalized spacial score (nSPS) is 10.8.